The number of piperazine rings is 1. The lowest BCUT2D eigenvalue weighted by Gasteiger charge is -2.43. The molecule has 0 saturated carbocycles. The Labute approximate surface area is 188 Å². The number of carbonyl (C=O) groups excluding carboxylic acids is 1. The summed E-state index contributed by atoms with van der Waals surface area (Å²) in [7, 11) is 0. The Kier molecular flexibility index (Phi) is 6.62. The minimum Gasteiger partial charge on any atom is -0.381 e. The van der Waals surface area contributed by atoms with E-state index in [1.165, 1.54) is 10.9 Å². The van der Waals surface area contributed by atoms with Crippen LogP contribution >= 0.6 is 22.9 Å². The number of amides is 1. The largest absolute Gasteiger partial charge is 0.416 e. The van der Waals surface area contributed by atoms with Crippen LogP contribution in [0.25, 0.3) is 0 Å². The molecule has 9 heteroatoms. The number of hydrogen-bond acceptors (Lipinski definition) is 4. The summed E-state index contributed by atoms with van der Waals surface area (Å²) >= 11 is 7.56. The Hall–Kier alpha value is -1.61. The molecule has 168 valence electrons. The molecule has 0 atom stereocenters. The zero-order valence-electron chi connectivity index (χ0n) is 17.0. The third-order valence-electron chi connectivity index (χ3n) is 6.17. The molecule has 2 aliphatic rings. The number of nitrogens with zero attached hydrogens (tertiary/aromatic N) is 2. The van der Waals surface area contributed by atoms with Gasteiger partial charge in [0.1, 0.15) is 0 Å². The van der Waals surface area contributed by atoms with Gasteiger partial charge in [-0.1, -0.05) is 29.8 Å². The molecular formula is C22H24ClF3N2O2S. The van der Waals surface area contributed by atoms with Gasteiger partial charge in [0, 0.05) is 50.8 Å². The first-order valence-corrected chi connectivity index (χ1v) is 11.5. The van der Waals surface area contributed by atoms with Crippen LogP contribution in [0.3, 0.4) is 0 Å². The molecule has 0 N–H and O–H groups in total. The normalized spacial score (nSPS) is 20.1. The molecule has 1 aromatic heterocycles. The van der Waals surface area contributed by atoms with Gasteiger partial charge in [-0.05, 0) is 36.6 Å². The molecule has 1 aromatic carbocycles. The summed E-state index contributed by atoms with van der Waals surface area (Å²) < 4.78 is 46.1. The minimum atomic E-state index is -4.44. The Morgan fingerprint density at radius 1 is 1.10 bits per heavy atom. The number of ether oxygens (including phenoxy) is 1. The monoisotopic (exact) mass is 472 g/mol. The zero-order valence-corrected chi connectivity index (χ0v) is 18.5. The lowest BCUT2D eigenvalue weighted by atomic mass is 9.72. The average molecular weight is 473 g/mol. The molecule has 0 radical (unpaired) electrons. The molecule has 3 heterocycles. The van der Waals surface area contributed by atoms with Gasteiger partial charge in [-0.25, -0.2) is 0 Å². The Bertz CT molecular complexity index is 919. The highest BCUT2D eigenvalue weighted by atomic mass is 35.5. The number of carbonyl (C=O) groups is 1. The second-order valence-electron chi connectivity index (χ2n) is 8.05. The van der Waals surface area contributed by atoms with E-state index in [0.717, 1.165) is 36.1 Å². The molecule has 31 heavy (non-hydrogen) atoms. The maximum absolute atomic E-state index is 13.7. The standard InChI is InChI=1S/C22H24ClF3N2O2S/c23-19-5-4-18(31-19)15-27-8-10-28(11-9-27)20(29)21(6-12-30-13-7-21)16-2-1-3-17(14-16)22(24,25)26/h1-5,14H,6-13,15H2. The first kappa shape index (κ1) is 22.6. The fraction of sp³-hybridized carbons (Fsp3) is 0.500. The molecule has 4 nitrogen and oxygen atoms in total. The first-order valence-electron chi connectivity index (χ1n) is 10.3. The van der Waals surface area contributed by atoms with Gasteiger partial charge in [0.05, 0.1) is 15.3 Å². The van der Waals surface area contributed by atoms with Crippen molar-refractivity contribution in [1.82, 2.24) is 9.80 Å². The van der Waals surface area contributed by atoms with Gasteiger partial charge in [0.15, 0.2) is 0 Å². The van der Waals surface area contributed by atoms with Crippen molar-refractivity contribution in [3.63, 3.8) is 0 Å². The van der Waals surface area contributed by atoms with E-state index in [0.29, 0.717) is 44.7 Å². The molecule has 0 aliphatic carbocycles. The number of rotatable bonds is 4. The van der Waals surface area contributed by atoms with Crippen molar-refractivity contribution in [3.8, 4) is 0 Å². The smallest absolute Gasteiger partial charge is 0.381 e. The van der Waals surface area contributed by atoms with Crippen LogP contribution in [0, 0.1) is 0 Å². The van der Waals surface area contributed by atoms with Gasteiger partial charge in [-0.3, -0.25) is 9.69 Å². The SMILES string of the molecule is O=C(N1CCN(Cc2ccc(Cl)s2)CC1)C1(c2cccc(C(F)(F)F)c2)CCOCC1. The molecule has 0 spiro atoms. The summed E-state index contributed by atoms with van der Waals surface area (Å²) in [6.45, 7) is 4.06. The van der Waals surface area contributed by atoms with E-state index in [1.54, 1.807) is 17.4 Å². The Morgan fingerprint density at radius 3 is 2.42 bits per heavy atom. The number of alkyl halides is 3. The number of hydrogen-bond donors (Lipinski definition) is 0. The summed E-state index contributed by atoms with van der Waals surface area (Å²) in [5.41, 5.74) is -1.25. The number of benzene rings is 1. The predicted octanol–water partition coefficient (Wildman–Crippen LogP) is 4.81. The van der Waals surface area contributed by atoms with Gasteiger partial charge < -0.3 is 9.64 Å². The van der Waals surface area contributed by atoms with E-state index in [2.05, 4.69) is 4.90 Å². The average Bonchev–Trinajstić information content (AvgIpc) is 3.18. The van der Waals surface area contributed by atoms with Gasteiger partial charge in [-0.2, -0.15) is 13.2 Å². The van der Waals surface area contributed by atoms with Crippen molar-refractivity contribution in [2.45, 2.75) is 31.0 Å². The van der Waals surface area contributed by atoms with Crippen LogP contribution < -0.4 is 0 Å². The molecule has 2 fully saturated rings. The maximum atomic E-state index is 13.7. The van der Waals surface area contributed by atoms with Crippen molar-refractivity contribution in [2.75, 3.05) is 39.4 Å². The van der Waals surface area contributed by atoms with Crippen LogP contribution in [0.15, 0.2) is 36.4 Å². The topological polar surface area (TPSA) is 32.8 Å². The van der Waals surface area contributed by atoms with E-state index in [4.69, 9.17) is 16.3 Å². The molecule has 2 aromatic rings. The van der Waals surface area contributed by atoms with E-state index < -0.39 is 17.2 Å². The number of halogens is 4. The van der Waals surface area contributed by atoms with E-state index >= 15 is 0 Å². The quantitative estimate of drug-likeness (QED) is 0.640. The summed E-state index contributed by atoms with van der Waals surface area (Å²) in [5.74, 6) is -0.0889. The van der Waals surface area contributed by atoms with Crippen LogP contribution in [0.2, 0.25) is 4.34 Å². The second kappa shape index (κ2) is 9.10. The van der Waals surface area contributed by atoms with E-state index in [1.807, 2.05) is 17.0 Å². The van der Waals surface area contributed by atoms with Crippen LogP contribution in [0.5, 0.6) is 0 Å². The third kappa shape index (κ3) is 4.92. The lowest BCUT2D eigenvalue weighted by molar-refractivity contribution is -0.144. The highest BCUT2D eigenvalue weighted by molar-refractivity contribution is 7.16. The molecule has 0 bridgehead atoms. The summed E-state index contributed by atoms with van der Waals surface area (Å²) in [6.07, 6.45) is -3.66. The van der Waals surface area contributed by atoms with Crippen LogP contribution in [0.4, 0.5) is 13.2 Å². The summed E-state index contributed by atoms with van der Waals surface area (Å²) in [6, 6.07) is 9.12. The molecule has 1 amide bonds. The summed E-state index contributed by atoms with van der Waals surface area (Å²) in [4.78, 5) is 18.9. The van der Waals surface area contributed by atoms with Crippen molar-refractivity contribution >= 4 is 28.8 Å². The zero-order chi connectivity index (χ0) is 22.1. The van der Waals surface area contributed by atoms with Crippen LogP contribution in [-0.4, -0.2) is 55.1 Å². The van der Waals surface area contributed by atoms with Crippen LogP contribution in [-0.2, 0) is 27.7 Å². The van der Waals surface area contributed by atoms with Crippen molar-refractivity contribution in [3.05, 3.63) is 56.7 Å². The van der Waals surface area contributed by atoms with E-state index in [9.17, 15) is 18.0 Å². The fourth-order valence-electron chi connectivity index (χ4n) is 4.41. The van der Waals surface area contributed by atoms with Crippen LogP contribution in [0.1, 0.15) is 28.8 Å². The number of thiophene rings is 1. The highest BCUT2D eigenvalue weighted by Gasteiger charge is 2.45. The van der Waals surface area contributed by atoms with E-state index in [-0.39, 0.29) is 5.91 Å². The second-order valence-corrected chi connectivity index (χ2v) is 9.85. The Balaban J connectivity index is 1.50. The van der Waals surface area contributed by atoms with Crippen molar-refractivity contribution in [1.29, 1.82) is 0 Å². The van der Waals surface area contributed by atoms with Crippen molar-refractivity contribution in [2.24, 2.45) is 0 Å². The summed E-state index contributed by atoms with van der Waals surface area (Å²) in [5, 5.41) is 0. The fourth-order valence-corrected chi connectivity index (χ4v) is 5.54. The van der Waals surface area contributed by atoms with Gasteiger partial charge >= 0.3 is 6.18 Å². The van der Waals surface area contributed by atoms with Crippen molar-refractivity contribution < 1.29 is 22.7 Å². The maximum Gasteiger partial charge on any atom is 0.416 e. The molecule has 4 rings (SSSR count). The molecular weight excluding hydrogens is 449 g/mol. The van der Waals surface area contributed by atoms with Gasteiger partial charge in [0.2, 0.25) is 5.91 Å². The Morgan fingerprint density at radius 2 is 1.81 bits per heavy atom. The first-order chi connectivity index (χ1) is 14.8. The lowest BCUT2D eigenvalue weighted by Crippen LogP contribution is -2.55. The minimum absolute atomic E-state index is 0.0889. The van der Waals surface area contributed by atoms with Gasteiger partial charge in [-0.15, -0.1) is 11.3 Å². The molecule has 2 aliphatic heterocycles. The molecule has 2 saturated heterocycles. The van der Waals surface area contributed by atoms with Gasteiger partial charge in [0.25, 0.3) is 0 Å². The highest BCUT2D eigenvalue weighted by Crippen LogP contribution is 2.40. The third-order valence-corrected chi connectivity index (χ3v) is 7.38. The molecule has 0 unspecified atom stereocenters. The predicted molar refractivity (Wildman–Crippen MR) is 114 cm³/mol.